The molecule has 2 aliphatic rings. The van der Waals surface area contributed by atoms with Crippen molar-refractivity contribution in [2.45, 2.75) is 26.2 Å². The third kappa shape index (κ3) is 2.75. The van der Waals surface area contributed by atoms with Gasteiger partial charge in [-0.25, -0.2) is 0 Å². The molecule has 1 saturated heterocycles. The Bertz CT molecular complexity index is 697. The van der Waals surface area contributed by atoms with Crippen LogP contribution in [-0.2, 0) is 19.1 Å². The number of anilines is 2. The van der Waals surface area contributed by atoms with Crippen LogP contribution in [0.25, 0.3) is 0 Å². The minimum Gasteiger partial charge on any atom is -0.370 e. The van der Waals surface area contributed by atoms with Crippen molar-refractivity contribution in [2.24, 2.45) is 5.41 Å². The fourth-order valence-corrected chi connectivity index (χ4v) is 3.15. The number of nitrogens with one attached hydrogen (secondary N) is 2. The lowest BCUT2D eigenvalue weighted by atomic mass is 9.67. The van der Waals surface area contributed by atoms with Crippen LogP contribution in [0, 0.1) is 12.3 Å². The van der Waals surface area contributed by atoms with Gasteiger partial charge in [0.15, 0.2) is 0 Å². The monoisotopic (exact) mass is 330 g/mol. The smallest absolute Gasteiger partial charge is 0.254 e. The molecule has 7 nitrogen and oxygen atoms in total. The number of amides is 3. The number of carbonyl (C=O) groups is 3. The highest BCUT2D eigenvalue weighted by atomic mass is 16.5. The molecule has 2 N–H and O–H groups in total. The van der Waals surface area contributed by atoms with Gasteiger partial charge in [-0.2, -0.15) is 0 Å². The molecular weight excluding hydrogens is 310 g/mol. The molecule has 0 unspecified atom stereocenters. The molecule has 1 radical (unpaired) electrons. The van der Waals surface area contributed by atoms with E-state index in [4.69, 9.17) is 10.5 Å². The topological polar surface area (TPSA) is 99.5 Å². The maximum atomic E-state index is 12.4. The van der Waals surface area contributed by atoms with E-state index in [1.54, 1.807) is 23.1 Å². The lowest BCUT2D eigenvalue weighted by Gasteiger charge is -2.36. The summed E-state index contributed by atoms with van der Waals surface area (Å²) in [7, 11) is 0. The third-order valence-electron chi connectivity index (χ3n) is 4.81. The minimum atomic E-state index is -1.19. The number of hydrogen-bond acceptors (Lipinski definition) is 4. The van der Waals surface area contributed by atoms with Crippen molar-refractivity contribution in [3.8, 4) is 0 Å². The summed E-state index contributed by atoms with van der Waals surface area (Å²) in [6, 6.07) is 5.27. The van der Waals surface area contributed by atoms with Gasteiger partial charge in [-0.05, 0) is 43.5 Å². The Balaban J connectivity index is 1.76. The molecule has 0 bridgehead atoms. The zero-order chi connectivity index (χ0) is 17.3. The van der Waals surface area contributed by atoms with Crippen LogP contribution in [0.5, 0.6) is 0 Å². The van der Waals surface area contributed by atoms with Gasteiger partial charge in [0.05, 0.1) is 6.61 Å². The van der Waals surface area contributed by atoms with E-state index in [1.807, 2.05) is 6.92 Å². The molecule has 0 aromatic heterocycles. The van der Waals surface area contributed by atoms with E-state index < -0.39 is 17.2 Å². The number of aryl methyl sites for hydroxylation is 1. The molecule has 1 aliphatic carbocycles. The van der Waals surface area contributed by atoms with Crippen molar-refractivity contribution in [1.29, 1.82) is 0 Å². The van der Waals surface area contributed by atoms with Crippen LogP contribution in [0.3, 0.4) is 0 Å². The van der Waals surface area contributed by atoms with Crippen LogP contribution in [0.15, 0.2) is 18.2 Å². The van der Waals surface area contributed by atoms with Crippen LogP contribution < -0.4 is 16.0 Å². The zero-order valence-electron chi connectivity index (χ0n) is 13.6. The van der Waals surface area contributed by atoms with E-state index in [-0.39, 0.29) is 12.5 Å². The summed E-state index contributed by atoms with van der Waals surface area (Å²) >= 11 is 0. The molecular formula is C17H20N3O4. The van der Waals surface area contributed by atoms with Gasteiger partial charge in [0, 0.05) is 17.9 Å². The Kier molecular flexibility index (Phi) is 4.28. The standard InChI is InChI=1S/C17H20N3O4/c1-11-9-12(19-16(23)17(15(18)22)5-2-6-17)3-4-13(11)20-7-8-24-10-14(20)21/h3-4,9,18H,2,5-8,10H2,1H3,(H,19,23). The molecule has 1 aliphatic heterocycles. The second kappa shape index (κ2) is 6.24. The summed E-state index contributed by atoms with van der Waals surface area (Å²) in [6.45, 7) is 2.94. The van der Waals surface area contributed by atoms with Crippen LogP contribution in [0.1, 0.15) is 24.8 Å². The van der Waals surface area contributed by atoms with E-state index >= 15 is 0 Å². The second-order valence-corrected chi connectivity index (χ2v) is 6.32. The highest BCUT2D eigenvalue weighted by Crippen LogP contribution is 2.42. The number of carbonyl (C=O) groups excluding carboxylic acids is 3. The Hall–Kier alpha value is -2.41. The molecule has 1 saturated carbocycles. The van der Waals surface area contributed by atoms with Crippen LogP contribution in [0.2, 0.25) is 0 Å². The summed E-state index contributed by atoms with van der Waals surface area (Å²) in [4.78, 5) is 37.5. The number of rotatable bonds is 4. The zero-order valence-corrected chi connectivity index (χ0v) is 13.6. The Morgan fingerprint density at radius 2 is 2.08 bits per heavy atom. The molecule has 0 spiro atoms. The second-order valence-electron chi connectivity index (χ2n) is 6.32. The van der Waals surface area contributed by atoms with Crippen LogP contribution >= 0.6 is 0 Å². The minimum absolute atomic E-state index is 0.0755. The summed E-state index contributed by atoms with van der Waals surface area (Å²) in [5, 5.41) is 2.74. The molecule has 1 heterocycles. The number of morpholine rings is 1. The fourth-order valence-electron chi connectivity index (χ4n) is 3.15. The average molecular weight is 330 g/mol. The first kappa shape index (κ1) is 16.4. The highest BCUT2D eigenvalue weighted by molar-refractivity contribution is 6.10. The maximum Gasteiger partial charge on any atom is 0.254 e. The summed E-state index contributed by atoms with van der Waals surface area (Å²) in [5.74, 6) is -1.32. The van der Waals surface area contributed by atoms with Gasteiger partial charge in [-0.1, -0.05) is 6.42 Å². The molecule has 127 valence electrons. The summed E-state index contributed by atoms with van der Waals surface area (Å²) < 4.78 is 5.13. The molecule has 0 atom stereocenters. The highest BCUT2D eigenvalue weighted by Gasteiger charge is 2.50. The lowest BCUT2D eigenvalue weighted by Crippen LogP contribution is -2.48. The van der Waals surface area contributed by atoms with Crippen molar-refractivity contribution in [1.82, 2.24) is 5.73 Å². The molecule has 7 heteroatoms. The van der Waals surface area contributed by atoms with Gasteiger partial charge in [-0.3, -0.25) is 20.1 Å². The summed E-state index contributed by atoms with van der Waals surface area (Å²) in [6.07, 6.45) is 1.65. The fraction of sp³-hybridized carbons (Fsp3) is 0.471. The predicted octanol–water partition coefficient (Wildman–Crippen LogP) is 1.28. The average Bonchev–Trinajstić information content (AvgIpc) is 2.47. The molecule has 1 aromatic rings. The van der Waals surface area contributed by atoms with Crippen molar-refractivity contribution in [3.63, 3.8) is 0 Å². The Morgan fingerprint density at radius 1 is 1.33 bits per heavy atom. The number of hydrogen-bond donors (Lipinski definition) is 1. The quantitative estimate of drug-likeness (QED) is 0.840. The molecule has 24 heavy (non-hydrogen) atoms. The molecule has 1 aromatic carbocycles. The first-order chi connectivity index (χ1) is 11.4. The first-order valence-corrected chi connectivity index (χ1v) is 8.00. The van der Waals surface area contributed by atoms with Crippen molar-refractivity contribution in [3.05, 3.63) is 23.8 Å². The predicted molar refractivity (Wildman–Crippen MR) is 87.4 cm³/mol. The van der Waals surface area contributed by atoms with Gasteiger partial charge < -0.3 is 15.0 Å². The lowest BCUT2D eigenvalue weighted by molar-refractivity contribution is -0.144. The largest absolute Gasteiger partial charge is 0.370 e. The van der Waals surface area contributed by atoms with Gasteiger partial charge in [0.25, 0.3) is 11.8 Å². The summed E-state index contributed by atoms with van der Waals surface area (Å²) in [5.41, 5.74) is 8.37. The maximum absolute atomic E-state index is 12.4. The van der Waals surface area contributed by atoms with Gasteiger partial charge in [0.2, 0.25) is 5.91 Å². The number of ether oxygens (including phenoxy) is 1. The number of benzene rings is 1. The van der Waals surface area contributed by atoms with Gasteiger partial charge in [0.1, 0.15) is 12.0 Å². The van der Waals surface area contributed by atoms with Crippen molar-refractivity contribution in [2.75, 3.05) is 30.0 Å². The van der Waals surface area contributed by atoms with E-state index in [2.05, 4.69) is 5.32 Å². The molecule has 3 amide bonds. The van der Waals surface area contributed by atoms with E-state index in [9.17, 15) is 14.4 Å². The van der Waals surface area contributed by atoms with E-state index in [0.29, 0.717) is 31.7 Å². The number of nitrogens with zero attached hydrogens (tertiary/aromatic N) is 1. The Labute approximate surface area is 140 Å². The normalized spacial score (nSPS) is 19.5. The Morgan fingerprint density at radius 3 is 2.62 bits per heavy atom. The SMILES string of the molecule is Cc1cc(NC(=O)C2(C([NH])=O)CCC2)ccc1N1CCOCC1=O. The van der Waals surface area contributed by atoms with Crippen LogP contribution in [0.4, 0.5) is 11.4 Å². The third-order valence-corrected chi connectivity index (χ3v) is 4.81. The van der Waals surface area contributed by atoms with Crippen LogP contribution in [-0.4, -0.2) is 37.5 Å². The van der Waals surface area contributed by atoms with Gasteiger partial charge in [-0.15, -0.1) is 0 Å². The van der Waals surface area contributed by atoms with Crippen molar-refractivity contribution >= 4 is 29.1 Å². The van der Waals surface area contributed by atoms with E-state index in [0.717, 1.165) is 17.7 Å². The van der Waals surface area contributed by atoms with Crippen molar-refractivity contribution < 1.29 is 19.1 Å². The van der Waals surface area contributed by atoms with Gasteiger partial charge >= 0.3 is 0 Å². The molecule has 2 fully saturated rings. The first-order valence-electron chi connectivity index (χ1n) is 8.00. The van der Waals surface area contributed by atoms with E-state index in [1.165, 1.54) is 0 Å². The molecule has 3 rings (SSSR count).